The predicted molar refractivity (Wildman–Crippen MR) is 67.6 cm³/mol. The molecule has 0 unspecified atom stereocenters. The van der Waals surface area contributed by atoms with Gasteiger partial charge in [0.2, 0.25) is 0 Å². The maximum atomic E-state index is 8.95. The molecule has 3 rings (SSSR count). The lowest BCUT2D eigenvalue weighted by molar-refractivity contribution is 0.0405. The summed E-state index contributed by atoms with van der Waals surface area (Å²) in [6.45, 7) is 7.45. The van der Waals surface area contributed by atoms with Gasteiger partial charge in [-0.05, 0) is 23.9 Å². The summed E-state index contributed by atoms with van der Waals surface area (Å²) in [6.07, 6.45) is 0. The van der Waals surface area contributed by atoms with E-state index in [-0.39, 0.29) is 0 Å². The van der Waals surface area contributed by atoms with E-state index in [9.17, 15) is 0 Å². The number of hydrogen-bond acceptors (Lipinski definition) is 5. The number of nitrogens with zero attached hydrogens (tertiary/aromatic N) is 4. The number of para-hydroxylation sites is 1. The minimum atomic E-state index is 0.627. The van der Waals surface area contributed by atoms with Crippen molar-refractivity contribution in [1.82, 2.24) is 20.1 Å². The van der Waals surface area contributed by atoms with E-state index >= 15 is 0 Å². The van der Waals surface area contributed by atoms with Crippen LogP contribution in [0.1, 0.15) is 6.92 Å². The highest BCUT2D eigenvalue weighted by atomic mass is 16.5. The second-order valence-corrected chi connectivity index (χ2v) is 4.01. The molecule has 1 aromatic heterocycles. The fraction of sp³-hybridized carbons (Fsp3) is 0.500. The fourth-order valence-electron chi connectivity index (χ4n) is 1.77. The van der Waals surface area contributed by atoms with E-state index < -0.39 is 0 Å². The number of ether oxygens (including phenoxy) is 1. The highest BCUT2D eigenvalue weighted by molar-refractivity contribution is 5.73. The van der Waals surface area contributed by atoms with Crippen LogP contribution >= 0.6 is 0 Å². The van der Waals surface area contributed by atoms with Crippen LogP contribution in [0.4, 0.5) is 0 Å². The molecule has 1 aromatic carbocycles. The first-order valence-corrected chi connectivity index (χ1v) is 6.11. The van der Waals surface area contributed by atoms with Crippen LogP contribution in [0.2, 0.25) is 0 Å². The van der Waals surface area contributed by atoms with Gasteiger partial charge in [0, 0.05) is 13.1 Å². The van der Waals surface area contributed by atoms with Gasteiger partial charge in [-0.2, -0.15) is 0 Å². The molecule has 0 amide bonds. The van der Waals surface area contributed by atoms with Crippen molar-refractivity contribution in [2.24, 2.45) is 0 Å². The predicted octanol–water partition coefficient (Wildman–Crippen LogP) is 1.01. The van der Waals surface area contributed by atoms with E-state index in [2.05, 4.69) is 22.1 Å². The molecule has 6 nitrogen and oxygen atoms in total. The number of morpholine rings is 1. The smallest absolute Gasteiger partial charge is 0.130 e. The third-order valence-electron chi connectivity index (χ3n) is 2.89. The zero-order valence-corrected chi connectivity index (χ0v) is 10.5. The van der Waals surface area contributed by atoms with E-state index in [1.807, 2.05) is 12.1 Å². The summed E-state index contributed by atoms with van der Waals surface area (Å²) in [5.74, 6) is 0. The molecule has 0 saturated carbocycles. The molecule has 2 aromatic rings. The first-order chi connectivity index (χ1) is 8.81. The van der Waals surface area contributed by atoms with Crippen LogP contribution in [-0.4, -0.2) is 58.1 Å². The molecule has 1 aliphatic rings. The Morgan fingerprint density at radius 1 is 1.28 bits per heavy atom. The van der Waals surface area contributed by atoms with Crippen molar-refractivity contribution in [2.45, 2.75) is 6.92 Å². The van der Waals surface area contributed by atoms with Crippen LogP contribution in [0.3, 0.4) is 0 Å². The minimum Gasteiger partial charge on any atom is -0.410 e. The second kappa shape index (κ2) is 6.32. The maximum Gasteiger partial charge on any atom is 0.130 e. The Balaban J connectivity index is 0.000000138. The highest BCUT2D eigenvalue weighted by Gasteiger charge is 2.05. The van der Waals surface area contributed by atoms with Crippen molar-refractivity contribution in [3.8, 4) is 0 Å². The number of benzene rings is 1. The fourth-order valence-corrected chi connectivity index (χ4v) is 1.77. The third kappa shape index (κ3) is 3.18. The van der Waals surface area contributed by atoms with Crippen molar-refractivity contribution in [3.05, 3.63) is 24.3 Å². The van der Waals surface area contributed by atoms with Gasteiger partial charge >= 0.3 is 0 Å². The molecular formula is C12H18N4O2. The van der Waals surface area contributed by atoms with Crippen molar-refractivity contribution in [1.29, 1.82) is 0 Å². The van der Waals surface area contributed by atoms with Gasteiger partial charge in [-0.15, -0.1) is 5.10 Å². The summed E-state index contributed by atoms with van der Waals surface area (Å²) in [7, 11) is 0. The number of hydrogen-bond donors (Lipinski definition) is 1. The van der Waals surface area contributed by atoms with Crippen molar-refractivity contribution >= 4 is 11.0 Å². The summed E-state index contributed by atoms with van der Waals surface area (Å²) >= 11 is 0. The van der Waals surface area contributed by atoms with Gasteiger partial charge in [0.25, 0.3) is 0 Å². The van der Waals surface area contributed by atoms with Gasteiger partial charge in [-0.25, -0.2) is 0 Å². The normalized spacial score (nSPS) is 16.3. The Bertz CT molecular complexity index is 480. The Morgan fingerprint density at radius 2 is 2.00 bits per heavy atom. The van der Waals surface area contributed by atoms with Gasteiger partial charge in [-0.1, -0.05) is 23.9 Å². The van der Waals surface area contributed by atoms with Crippen molar-refractivity contribution in [3.63, 3.8) is 0 Å². The van der Waals surface area contributed by atoms with Crippen molar-refractivity contribution in [2.75, 3.05) is 32.8 Å². The molecule has 98 valence electrons. The lowest BCUT2D eigenvalue weighted by atomic mass is 10.3. The van der Waals surface area contributed by atoms with Gasteiger partial charge in [0.1, 0.15) is 11.0 Å². The summed E-state index contributed by atoms with van der Waals surface area (Å²) in [5.41, 5.74) is 1.33. The molecule has 1 saturated heterocycles. The summed E-state index contributed by atoms with van der Waals surface area (Å²) in [6, 6.07) is 7.19. The minimum absolute atomic E-state index is 0.627. The average Bonchev–Trinajstić information content (AvgIpc) is 2.83. The topological polar surface area (TPSA) is 63.4 Å². The third-order valence-corrected chi connectivity index (χ3v) is 2.89. The van der Waals surface area contributed by atoms with E-state index in [1.54, 1.807) is 12.1 Å². The molecule has 1 N–H and O–H groups in total. The van der Waals surface area contributed by atoms with Crippen LogP contribution < -0.4 is 0 Å². The van der Waals surface area contributed by atoms with Crippen LogP contribution in [0.15, 0.2) is 24.3 Å². The van der Waals surface area contributed by atoms with E-state index in [1.165, 1.54) is 6.54 Å². The summed E-state index contributed by atoms with van der Waals surface area (Å²) < 4.78 is 5.16. The number of rotatable bonds is 1. The highest BCUT2D eigenvalue weighted by Crippen LogP contribution is 2.06. The van der Waals surface area contributed by atoms with Crippen LogP contribution in [0, 0.1) is 0 Å². The second-order valence-electron chi connectivity index (χ2n) is 4.01. The molecule has 1 fully saturated rings. The van der Waals surface area contributed by atoms with Gasteiger partial charge < -0.3 is 9.94 Å². The Hall–Kier alpha value is -1.66. The quantitative estimate of drug-likeness (QED) is 0.765. The first-order valence-electron chi connectivity index (χ1n) is 6.11. The maximum absolute atomic E-state index is 8.95. The number of aromatic nitrogens is 3. The molecule has 18 heavy (non-hydrogen) atoms. The zero-order chi connectivity index (χ0) is 12.8. The molecule has 0 aliphatic carbocycles. The number of fused-ring (bicyclic) bond motifs is 1. The molecule has 6 heteroatoms. The summed E-state index contributed by atoms with van der Waals surface area (Å²) in [5, 5.41) is 16.1. The molecule has 0 atom stereocenters. The van der Waals surface area contributed by atoms with Crippen molar-refractivity contribution < 1.29 is 9.94 Å². The van der Waals surface area contributed by atoms with Crippen LogP contribution in [0.5, 0.6) is 0 Å². The standard InChI is InChI=1S/C6H5N3O.C6H13NO/c10-9-6-4-2-1-3-5(6)7-8-9;1-2-7-3-5-8-6-4-7/h1-4,10H;2-6H2,1H3. The summed E-state index contributed by atoms with van der Waals surface area (Å²) in [4.78, 5) is 3.15. The zero-order valence-electron chi connectivity index (χ0n) is 10.5. The average molecular weight is 250 g/mol. The Kier molecular flexibility index (Phi) is 4.49. The van der Waals surface area contributed by atoms with E-state index in [0.717, 1.165) is 31.1 Å². The Morgan fingerprint density at radius 3 is 2.61 bits per heavy atom. The number of likely N-dealkylation sites (N-methyl/N-ethyl adjacent to an activating group) is 1. The van der Waals surface area contributed by atoms with Crippen LogP contribution in [0.25, 0.3) is 11.0 Å². The first kappa shape index (κ1) is 12.8. The molecule has 1 aliphatic heterocycles. The molecule has 0 spiro atoms. The van der Waals surface area contributed by atoms with Gasteiger partial charge in [0.15, 0.2) is 0 Å². The van der Waals surface area contributed by atoms with E-state index in [0.29, 0.717) is 11.0 Å². The largest absolute Gasteiger partial charge is 0.410 e. The lowest BCUT2D eigenvalue weighted by Gasteiger charge is -2.24. The van der Waals surface area contributed by atoms with E-state index in [4.69, 9.17) is 9.94 Å². The van der Waals surface area contributed by atoms with Crippen LogP contribution in [-0.2, 0) is 4.74 Å². The Labute approximate surface area is 106 Å². The molecular weight excluding hydrogens is 232 g/mol. The van der Waals surface area contributed by atoms with Gasteiger partial charge in [0.05, 0.1) is 13.2 Å². The van der Waals surface area contributed by atoms with Gasteiger partial charge in [-0.3, -0.25) is 4.90 Å². The molecule has 0 bridgehead atoms. The monoisotopic (exact) mass is 250 g/mol. The SMILES string of the molecule is CCN1CCOCC1.On1nnc2ccccc21. The lowest BCUT2D eigenvalue weighted by Crippen LogP contribution is -2.35. The molecule has 2 heterocycles. The molecule has 0 radical (unpaired) electrons.